The van der Waals surface area contributed by atoms with Gasteiger partial charge in [-0.1, -0.05) is 30.3 Å². The van der Waals surface area contributed by atoms with Gasteiger partial charge in [-0.25, -0.2) is 4.98 Å². The summed E-state index contributed by atoms with van der Waals surface area (Å²) in [5.41, 5.74) is 2.78. The maximum absolute atomic E-state index is 6.24. The second-order valence-corrected chi connectivity index (χ2v) is 7.38. The molecule has 33 heavy (non-hydrogen) atoms. The van der Waals surface area contributed by atoms with E-state index >= 15 is 0 Å². The lowest BCUT2D eigenvalue weighted by atomic mass is 9.99. The molecule has 2 heterocycles. The third-order valence-corrected chi connectivity index (χ3v) is 5.77. The molecule has 0 aliphatic carbocycles. The molecule has 0 aliphatic heterocycles. The molecule has 0 aliphatic rings. The molecular weight excluding hydrogens is 422 g/mol. The third-order valence-electron chi connectivity index (χ3n) is 5.77. The van der Waals surface area contributed by atoms with E-state index in [2.05, 4.69) is 0 Å². The molecule has 168 valence electrons. The molecule has 5 aromatic rings. The highest BCUT2D eigenvalue weighted by Gasteiger charge is 2.25. The standard InChI is InChI=1S/C26H23NO6/c1-28-17-11-15-16(12-18(17)29-2)23(14-9-7-6-8-10-14)27-26-21(15)22-19(33-26)13-20(30-3)24(31-4)25(22)32-5/h6-13H,1-5H3. The summed E-state index contributed by atoms with van der Waals surface area (Å²) in [7, 11) is 7.97. The molecular formula is C26H23NO6. The first-order chi connectivity index (χ1) is 16.1. The molecule has 0 radical (unpaired) electrons. The number of methoxy groups -OCH3 is 5. The number of nitrogens with zero attached hydrogens (tertiary/aromatic N) is 1. The van der Waals surface area contributed by atoms with E-state index in [-0.39, 0.29) is 0 Å². The minimum atomic E-state index is 0.470. The first-order valence-corrected chi connectivity index (χ1v) is 10.3. The monoisotopic (exact) mass is 445 g/mol. The number of hydrogen-bond acceptors (Lipinski definition) is 7. The molecule has 5 rings (SSSR count). The van der Waals surface area contributed by atoms with Gasteiger partial charge in [0.15, 0.2) is 23.0 Å². The Morgan fingerprint density at radius 1 is 0.636 bits per heavy atom. The topological polar surface area (TPSA) is 72.2 Å². The summed E-state index contributed by atoms with van der Waals surface area (Å²) in [5, 5.41) is 3.32. The van der Waals surface area contributed by atoms with Gasteiger partial charge in [-0.3, -0.25) is 0 Å². The number of benzene rings is 3. The molecule has 0 saturated heterocycles. The Morgan fingerprint density at radius 2 is 1.27 bits per heavy atom. The number of rotatable bonds is 6. The lowest BCUT2D eigenvalue weighted by Gasteiger charge is -2.14. The number of aromatic nitrogens is 1. The summed E-state index contributed by atoms with van der Waals surface area (Å²) in [4.78, 5) is 4.93. The van der Waals surface area contributed by atoms with Crippen LogP contribution < -0.4 is 23.7 Å². The molecule has 0 saturated carbocycles. The van der Waals surface area contributed by atoms with Crippen LogP contribution in [-0.4, -0.2) is 40.5 Å². The molecule has 7 nitrogen and oxygen atoms in total. The third kappa shape index (κ3) is 3.08. The van der Waals surface area contributed by atoms with Crippen molar-refractivity contribution >= 4 is 32.8 Å². The Kier molecular flexibility index (Phi) is 5.09. The predicted octanol–water partition coefficient (Wildman–Crippen LogP) is 5.84. The van der Waals surface area contributed by atoms with Gasteiger partial charge in [0.2, 0.25) is 11.5 Å². The highest BCUT2D eigenvalue weighted by molar-refractivity contribution is 6.23. The second kappa shape index (κ2) is 8.09. The summed E-state index contributed by atoms with van der Waals surface area (Å²) < 4.78 is 34.3. The lowest BCUT2D eigenvalue weighted by Crippen LogP contribution is -1.96. The number of fused-ring (bicyclic) bond motifs is 5. The molecule has 0 atom stereocenters. The van der Waals surface area contributed by atoms with Crippen LogP contribution in [-0.2, 0) is 0 Å². The fraction of sp³-hybridized carbons (Fsp3) is 0.192. The van der Waals surface area contributed by atoms with Gasteiger partial charge in [0, 0.05) is 22.4 Å². The maximum atomic E-state index is 6.24. The van der Waals surface area contributed by atoms with Crippen LogP contribution in [0.2, 0.25) is 0 Å². The van der Waals surface area contributed by atoms with Gasteiger partial charge in [0.25, 0.3) is 0 Å². The van der Waals surface area contributed by atoms with E-state index in [9.17, 15) is 0 Å². The summed E-state index contributed by atoms with van der Waals surface area (Å²) in [5.74, 6) is 2.72. The van der Waals surface area contributed by atoms with Crippen molar-refractivity contribution < 1.29 is 28.1 Å². The van der Waals surface area contributed by atoms with Gasteiger partial charge in [0.1, 0.15) is 5.58 Å². The van der Waals surface area contributed by atoms with E-state index in [0.29, 0.717) is 40.0 Å². The quantitative estimate of drug-likeness (QED) is 0.325. The SMILES string of the molecule is COc1cc2c(-c3ccccc3)nc3oc4cc(OC)c(OC)c(OC)c4c3c2cc1OC. The minimum absolute atomic E-state index is 0.470. The predicted molar refractivity (Wildman–Crippen MR) is 127 cm³/mol. The van der Waals surface area contributed by atoms with Crippen molar-refractivity contribution in [3.63, 3.8) is 0 Å². The Hall–Kier alpha value is -4.13. The van der Waals surface area contributed by atoms with Crippen molar-refractivity contribution in [2.45, 2.75) is 0 Å². The minimum Gasteiger partial charge on any atom is -0.493 e. The van der Waals surface area contributed by atoms with Crippen LogP contribution in [0, 0.1) is 0 Å². The van der Waals surface area contributed by atoms with Crippen molar-refractivity contribution in [2.75, 3.05) is 35.5 Å². The summed E-state index contributed by atoms with van der Waals surface area (Å²) in [6.07, 6.45) is 0. The molecule has 0 N–H and O–H groups in total. The van der Waals surface area contributed by atoms with Crippen molar-refractivity contribution in [3.8, 4) is 40.0 Å². The highest BCUT2D eigenvalue weighted by Crippen LogP contribution is 2.50. The zero-order chi connectivity index (χ0) is 23.1. The van der Waals surface area contributed by atoms with Crippen molar-refractivity contribution in [1.29, 1.82) is 0 Å². The average molecular weight is 445 g/mol. The van der Waals surface area contributed by atoms with E-state index in [1.165, 1.54) is 0 Å². The Balaban J connectivity index is 2.02. The normalized spacial score (nSPS) is 11.2. The Morgan fingerprint density at radius 3 is 1.88 bits per heavy atom. The maximum Gasteiger partial charge on any atom is 0.228 e. The smallest absolute Gasteiger partial charge is 0.228 e. The molecule has 0 fully saturated rings. The zero-order valence-corrected chi connectivity index (χ0v) is 19.0. The first-order valence-electron chi connectivity index (χ1n) is 10.3. The van der Waals surface area contributed by atoms with E-state index < -0.39 is 0 Å². The van der Waals surface area contributed by atoms with Gasteiger partial charge < -0.3 is 28.1 Å². The molecule has 0 unspecified atom stereocenters. The number of furan rings is 1. The van der Waals surface area contributed by atoms with E-state index in [0.717, 1.165) is 32.8 Å². The zero-order valence-electron chi connectivity index (χ0n) is 19.0. The molecule has 3 aromatic carbocycles. The summed E-state index contributed by atoms with van der Waals surface area (Å²) in [6, 6.07) is 15.6. The molecule has 0 bridgehead atoms. The van der Waals surface area contributed by atoms with Crippen molar-refractivity contribution in [1.82, 2.24) is 4.98 Å². The Labute approximate surface area is 190 Å². The van der Waals surface area contributed by atoms with Crippen LogP contribution in [0.1, 0.15) is 0 Å². The summed E-state index contributed by atoms with van der Waals surface area (Å²) >= 11 is 0. The van der Waals surface area contributed by atoms with Gasteiger partial charge in [-0.2, -0.15) is 0 Å². The van der Waals surface area contributed by atoms with Gasteiger partial charge in [-0.05, 0) is 12.1 Å². The highest BCUT2D eigenvalue weighted by atomic mass is 16.5. The van der Waals surface area contributed by atoms with E-state index in [4.69, 9.17) is 33.1 Å². The summed E-state index contributed by atoms with van der Waals surface area (Å²) in [6.45, 7) is 0. The fourth-order valence-electron chi connectivity index (χ4n) is 4.30. The average Bonchev–Trinajstić information content (AvgIpc) is 3.24. The van der Waals surface area contributed by atoms with Gasteiger partial charge in [0.05, 0.1) is 52.0 Å². The van der Waals surface area contributed by atoms with Gasteiger partial charge >= 0.3 is 0 Å². The van der Waals surface area contributed by atoms with Crippen LogP contribution in [0.4, 0.5) is 0 Å². The van der Waals surface area contributed by atoms with Crippen LogP contribution in [0.25, 0.3) is 44.1 Å². The van der Waals surface area contributed by atoms with Gasteiger partial charge in [-0.15, -0.1) is 0 Å². The lowest BCUT2D eigenvalue weighted by molar-refractivity contribution is 0.327. The Bertz CT molecular complexity index is 1490. The van der Waals surface area contributed by atoms with Crippen molar-refractivity contribution in [2.24, 2.45) is 0 Å². The van der Waals surface area contributed by atoms with Crippen LogP contribution in [0.5, 0.6) is 28.7 Å². The van der Waals surface area contributed by atoms with E-state index in [1.54, 1.807) is 41.6 Å². The fourth-order valence-corrected chi connectivity index (χ4v) is 4.30. The molecule has 2 aromatic heterocycles. The molecule has 0 amide bonds. The largest absolute Gasteiger partial charge is 0.493 e. The van der Waals surface area contributed by atoms with Crippen LogP contribution >= 0.6 is 0 Å². The number of hydrogen-bond donors (Lipinski definition) is 0. The van der Waals surface area contributed by atoms with E-state index in [1.807, 2.05) is 42.5 Å². The second-order valence-electron chi connectivity index (χ2n) is 7.38. The molecule has 0 spiro atoms. The molecule has 7 heteroatoms. The van der Waals surface area contributed by atoms with Crippen molar-refractivity contribution in [3.05, 3.63) is 48.5 Å². The van der Waals surface area contributed by atoms with Crippen LogP contribution in [0.3, 0.4) is 0 Å². The first kappa shape index (κ1) is 20.8. The number of ether oxygens (including phenoxy) is 5. The number of pyridine rings is 1. The van der Waals surface area contributed by atoms with Crippen LogP contribution in [0.15, 0.2) is 52.9 Å².